The molecule has 0 saturated heterocycles. The summed E-state index contributed by atoms with van der Waals surface area (Å²) < 4.78 is 4.89. The van der Waals surface area contributed by atoms with Gasteiger partial charge in [0.25, 0.3) is 0 Å². The molecule has 0 fully saturated rings. The van der Waals surface area contributed by atoms with Gasteiger partial charge in [0.05, 0.1) is 22.1 Å². The molecule has 13 rings (SSSR count). The summed E-state index contributed by atoms with van der Waals surface area (Å²) in [7, 11) is 0. The standard InChI is InChI=1S/C57H35N5/c1-3-15-37(16-4-1)55-58-56(38-17-5-2-6-18-38)60-57(59-55)48-24-13-21-41-32-42(27-30-44(41)48)61-52-31-28-43(35-50(52)49-33-39-19-7-8-20-40(39)34-53(49)61)62-51-25-12-11-23-46(51)47-29-26-36-14-9-10-22-45(36)54(47)62/h1-35H. The van der Waals surface area contributed by atoms with E-state index in [1.807, 2.05) is 60.7 Å². The van der Waals surface area contributed by atoms with Gasteiger partial charge in [-0.3, -0.25) is 0 Å². The van der Waals surface area contributed by atoms with Gasteiger partial charge in [0.1, 0.15) is 0 Å². The highest BCUT2D eigenvalue weighted by Crippen LogP contribution is 2.41. The molecule has 0 aliphatic heterocycles. The minimum absolute atomic E-state index is 0.643. The molecule has 0 unspecified atom stereocenters. The topological polar surface area (TPSA) is 48.5 Å². The summed E-state index contributed by atoms with van der Waals surface area (Å²) in [5.41, 5.74) is 9.82. The highest BCUT2D eigenvalue weighted by atomic mass is 15.0. The van der Waals surface area contributed by atoms with E-state index in [4.69, 9.17) is 15.0 Å². The second-order valence-electron chi connectivity index (χ2n) is 16.0. The fourth-order valence-corrected chi connectivity index (χ4v) is 9.64. The van der Waals surface area contributed by atoms with Crippen molar-refractivity contribution in [2.45, 2.75) is 0 Å². The maximum absolute atomic E-state index is 5.09. The van der Waals surface area contributed by atoms with Crippen LogP contribution in [-0.4, -0.2) is 24.1 Å². The average molecular weight is 790 g/mol. The Kier molecular flexibility index (Phi) is 7.54. The van der Waals surface area contributed by atoms with Gasteiger partial charge in [-0.15, -0.1) is 0 Å². The number of rotatable bonds is 5. The van der Waals surface area contributed by atoms with Crippen molar-refractivity contribution in [1.82, 2.24) is 24.1 Å². The lowest BCUT2D eigenvalue weighted by atomic mass is 10.0. The molecule has 10 aromatic carbocycles. The lowest BCUT2D eigenvalue weighted by Gasteiger charge is -2.13. The minimum atomic E-state index is 0.643. The van der Waals surface area contributed by atoms with Crippen molar-refractivity contribution >= 4 is 75.9 Å². The van der Waals surface area contributed by atoms with Gasteiger partial charge in [0.2, 0.25) is 0 Å². The summed E-state index contributed by atoms with van der Waals surface area (Å²) in [6.45, 7) is 0. The van der Waals surface area contributed by atoms with E-state index in [9.17, 15) is 0 Å². The van der Waals surface area contributed by atoms with E-state index < -0.39 is 0 Å². The summed E-state index contributed by atoms with van der Waals surface area (Å²) in [5, 5.41) is 12.0. The third-order valence-corrected chi connectivity index (χ3v) is 12.5. The molecule has 288 valence electrons. The lowest BCUT2D eigenvalue weighted by molar-refractivity contribution is 1.08. The van der Waals surface area contributed by atoms with Crippen LogP contribution < -0.4 is 0 Å². The van der Waals surface area contributed by atoms with Gasteiger partial charge in [-0.25, -0.2) is 15.0 Å². The van der Waals surface area contributed by atoms with Crippen LogP contribution in [0.3, 0.4) is 0 Å². The Morgan fingerprint density at radius 3 is 1.61 bits per heavy atom. The van der Waals surface area contributed by atoms with Gasteiger partial charge in [-0.05, 0) is 75.5 Å². The van der Waals surface area contributed by atoms with E-state index in [0.29, 0.717) is 17.5 Å². The highest BCUT2D eigenvalue weighted by Gasteiger charge is 2.20. The summed E-state index contributed by atoms with van der Waals surface area (Å²) in [4.78, 5) is 15.1. The van der Waals surface area contributed by atoms with E-state index in [1.54, 1.807) is 0 Å². The van der Waals surface area contributed by atoms with Crippen molar-refractivity contribution in [3.05, 3.63) is 212 Å². The maximum atomic E-state index is 5.09. The first-order chi connectivity index (χ1) is 30.7. The summed E-state index contributed by atoms with van der Waals surface area (Å²) >= 11 is 0. The van der Waals surface area contributed by atoms with Crippen molar-refractivity contribution in [3.63, 3.8) is 0 Å². The van der Waals surface area contributed by atoms with E-state index >= 15 is 0 Å². The van der Waals surface area contributed by atoms with Crippen LogP contribution >= 0.6 is 0 Å². The molecule has 0 aliphatic carbocycles. The third kappa shape index (κ3) is 5.32. The first-order valence-corrected chi connectivity index (χ1v) is 21.0. The number of fused-ring (bicyclic) bond motifs is 10. The van der Waals surface area contributed by atoms with Crippen LogP contribution in [0.2, 0.25) is 0 Å². The molecular formula is C57H35N5. The van der Waals surface area contributed by atoms with Gasteiger partial charge < -0.3 is 9.13 Å². The Labute approximate surface area is 356 Å². The second kappa shape index (κ2) is 13.6. The molecule has 5 heteroatoms. The van der Waals surface area contributed by atoms with E-state index in [0.717, 1.165) is 49.9 Å². The molecule has 0 bridgehead atoms. The Hall–Kier alpha value is -8.41. The Bertz CT molecular complexity index is 3860. The quantitative estimate of drug-likeness (QED) is 0.174. The SMILES string of the molecule is c1ccc(-c2nc(-c3ccccc3)nc(-c3cccc4cc(-n5c6ccc(-n7c8ccccc8c8ccc9ccccc9c87)cc6c6cc7ccccc7cc65)ccc34)n2)cc1. The lowest BCUT2D eigenvalue weighted by Crippen LogP contribution is -2.00. The molecular weight excluding hydrogens is 755 g/mol. The van der Waals surface area contributed by atoms with Gasteiger partial charge >= 0.3 is 0 Å². The Balaban J connectivity index is 1.03. The molecule has 13 aromatic rings. The molecule has 62 heavy (non-hydrogen) atoms. The largest absolute Gasteiger partial charge is 0.309 e. The van der Waals surface area contributed by atoms with Crippen LogP contribution in [-0.2, 0) is 0 Å². The molecule has 0 radical (unpaired) electrons. The minimum Gasteiger partial charge on any atom is -0.309 e. The predicted molar refractivity (Wildman–Crippen MR) is 257 cm³/mol. The van der Waals surface area contributed by atoms with Crippen molar-refractivity contribution in [2.24, 2.45) is 0 Å². The molecule has 3 aromatic heterocycles. The molecule has 0 amide bonds. The van der Waals surface area contributed by atoms with Crippen molar-refractivity contribution in [3.8, 4) is 45.5 Å². The molecule has 0 aliphatic rings. The van der Waals surface area contributed by atoms with E-state index in [1.165, 1.54) is 54.1 Å². The number of nitrogens with zero attached hydrogens (tertiary/aromatic N) is 5. The Morgan fingerprint density at radius 1 is 0.274 bits per heavy atom. The number of hydrogen-bond donors (Lipinski definition) is 0. The summed E-state index contributed by atoms with van der Waals surface area (Å²) in [5.74, 6) is 1.94. The number of hydrogen-bond acceptors (Lipinski definition) is 3. The molecule has 0 atom stereocenters. The molecule has 5 nitrogen and oxygen atoms in total. The van der Waals surface area contributed by atoms with Crippen LogP contribution in [0.25, 0.3) is 121 Å². The zero-order chi connectivity index (χ0) is 40.7. The molecule has 0 saturated carbocycles. The van der Waals surface area contributed by atoms with Gasteiger partial charge in [0.15, 0.2) is 17.5 Å². The smallest absolute Gasteiger partial charge is 0.164 e. The van der Waals surface area contributed by atoms with Crippen LogP contribution in [0.15, 0.2) is 212 Å². The predicted octanol–water partition coefficient (Wildman–Crippen LogP) is 14.5. The first kappa shape index (κ1) is 34.5. The third-order valence-electron chi connectivity index (χ3n) is 12.5. The average Bonchev–Trinajstić information content (AvgIpc) is 3.85. The number of aromatic nitrogens is 5. The van der Waals surface area contributed by atoms with Crippen LogP contribution in [0.5, 0.6) is 0 Å². The number of benzene rings is 10. The number of para-hydroxylation sites is 1. The van der Waals surface area contributed by atoms with Crippen LogP contribution in [0.1, 0.15) is 0 Å². The fourth-order valence-electron chi connectivity index (χ4n) is 9.64. The van der Waals surface area contributed by atoms with Crippen LogP contribution in [0.4, 0.5) is 0 Å². The van der Waals surface area contributed by atoms with E-state index in [-0.39, 0.29) is 0 Å². The van der Waals surface area contributed by atoms with E-state index in [2.05, 4.69) is 161 Å². The Morgan fingerprint density at radius 2 is 0.839 bits per heavy atom. The maximum Gasteiger partial charge on any atom is 0.164 e. The zero-order valence-electron chi connectivity index (χ0n) is 33.4. The second-order valence-corrected chi connectivity index (χ2v) is 16.0. The van der Waals surface area contributed by atoms with Crippen molar-refractivity contribution < 1.29 is 0 Å². The van der Waals surface area contributed by atoms with Gasteiger partial charge in [-0.2, -0.15) is 0 Å². The zero-order valence-corrected chi connectivity index (χ0v) is 33.4. The van der Waals surface area contributed by atoms with Gasteiger partial charge in [-0.1, -0.05) is 164 Å². The molecule has 3 heterocycles. The summed E-state index contributed by atoms with van der Waals surface area (Å²) in [6.07, 6.45) is 0. The fraction of sp³-hybridized carbons (Fsp3) is 0. The normalized spacial score (nSPS) is 11.9. The van der Waals surface area contributed by atoms with Gasteiger partial charge in [0, 0.05) is 55.0 Å². The monoisotopic (exact) mass is 789 g/mol. The molecule has 0 N–H and O–H groups in total. The molecule has 0 spiro atoms. The van der Waals surface area contributed by atoms with Crippen LogP contribution in [0, 0.1) is 0 Å². The van der Waals surface area contributed by atoms with Crippen molar-refractivity contribution in [1.29, 1.82) is 0 Å². The highest BCUT2D eigenvalue weighted by molar-refractivity contribution is 6.19. The first-order valence-electron chi connectivity index (χ1n) is 21.0. The summed E-state index contributed by atoms with van der Waals surface area (Å²) in [6, 6.07) is 75.9. The van der Waals surface area contributed by atoms with Crippen molar-refractivity contribution in [2.75, 3.05) is 0 Å².